The zero-order chi connectivity index (χ0) is 20.3. The van der Waals surface area contributed by atoms with E-state index in [1.54, 1.807) is 7.11 Å². The standard InChI is InChI=1S/C23H30N2O4/c1-14(2)6-8-25-21-12-24(3)20-9-15(27-4)5-7-23(20,21)17-11-19-18(28-13-29-19)10-16(17)22(25)26/h5,7,10-11,14-15,20-21H,6,8-9,12-13H2,1-4H3/t15-,20-,21-,23+/m1/s1. The van der Waals surface area contributed by atoms with Crippen LogP contribution in [0.4, 0.5) is 0 Å². The Morgan fingerprint density at radius 1 is 1.24 bits per heavy atom. The average Bonchev–Trinajstić information content (AvgIpc) is 3.28. The lowest BCUT2D eigenvalue weighted by molar-refractivity contribution is 0.0537. The van der Waals surface area contributed by atoms with Crippen molar-refractivity contribution in [1.29, 1.82) is 0 Å². The summed E-state index contributed by atoms with van der Waals surface area (Å²) in [6.07, 6.45) is 6.52. The average molecular weight is 399 g/mol. The van der Waals surface area contributed by atoms with Gasteiger partial charge in [0.25, 0.3) is 5.91 Å². The maximum Gasteiger partial charge on any atom is 0.254 e. The Labute approximate surface area is 172 Å². The maximum absolute atomic E-state index is 13.6. The van der Waals surface area contributed by atoms with Gasteiger partial charge in [0.2, 0.25) is 6.79 Å². The number of likely N-dealkylation sites (tertiary alicyclic amines) is 1. The first-order valence-electron chi connectivity index (χ1n) is 10.6. The molecule has 6 nitrogen and oxygen atoms in total. The quantitative estimate of drug-likeness (QED) is 0.730. The largest absolute Gasteiger partial charge is 0.454 e. The lowest BCUT2D eigenvalue weighted by Gasteiger charge is -2.50. The van der Waals surface area contributed by atoms with Crippen molar-refractivity contribution in [3.8, 4) is 11.5 Å². The van der Waals surface area contributed by atoms with Gasteiger partial charge >= 0.3 is 0 Å². The number of rotatable bonds is 4. The highest BCUT2D eigenvalue weighted by molar-refractivity contribution is 5.99. The molecular weight excluding hydrogens is 368 g/mol. The van der Waals surface area contributed by atoms with Crippen LogP contribution in [-0.4, -0.2) is 67.9 Å². The summed E-state index contributed by atoms with van der Waals surface area (Å²) >= 11 is 0. The highest BCUT2D eigenvalue weighted by Gasteiger charge is 2.60. The second kappa shape index (κ2) is 6.74. The predicted molar refractivity (Wildman–Crippen MR) is 109 cm³/mol. The van der Waals surface area contributed by atoms with Crippen molar-refractivity contribution in [2.75, 3.05) is 34.0 Å². The minimum Gasteiger partial charge on any atom is -0.454 e. The molecule has 1 saturated heterocycles. The van der Waals surface area contributed by atoms with Gasteiger partial charge in [-0.25, -0.2) is 0 Å². The van der Waals surface area contributed by atoms with Gasteiger partial charge in [0.05, 0.1) is 17.6 Å². The number of hydrogen-bond acceptors (Lipinski definition) is 5. The third-order valence-electron chi connectivity index (χ3n) is 7.23. The molecule has 0 radical (unpaired) electrons. The summed E-state index contributed by atoms with van der Waals surface area (Å²) in [5.74, 6) is 2.08. The van der Waals surface area contributed by atoms with Crippen molar-refractivity contribution in [2.45, 2.75) is 50.3 Å². The molecule has 0 aromatic heterocycles. The van der Waals surface area contributed by atoms with Gasteiger partial charge in [0, 0.05) is 31.8 Å². The van der Waals surface area contributed by atoms with E-state index in [0.717, 1.165) is 42.8 Å². The van der Waals surface area contributed by atoms with E-state index in [1.165, 1.54) is 0 Å². The number of likely N-dealkylation sites (N-methyl/N-ethyl adjacent to an activating group) is 1. The van der Waals surface area contributed by atoms with E-state index >= 15 is 0 Å². The molecule has 0 unspecified atom stereocenters. The van der Waals surface area contributed by atoms with E-state index in [1.807, 2.05) is 6.07 Å². The molecule has 3 aliphatic heterocycles. The van der Waals surface area contributed by atoms with Gasteiger partial charge in [-0.1, -0.05) is 26.0 Å². The highest BCUT2D eigenvalue weighted by atomic mass is 16.7. The fourth-order valence-electron chi connectivity index (χ4n) is 5.71. The molecule has 29 heavy (non-hydrogen) atoms. The van der Waals surface area contributed by atoms with Crippen LogP contribution in [0.2, 0.25) is 0 Å². The molecule has 0 bridgehead atoms. The minimum absolute atomic E-state index is 0.103. The molecular formula is C23H30N2O4. The number of ether oxygens (including phenoxy) is 3. The zero-order valence-corrected chi connectivity index (χ0v) is 17.7. The van der Waals surface area contributed by atoms with Gasteiger partial charge in [0.15, 0.2) is 11.5 Å². The molecule has 1 fully saturated rings. The first-order chi connectivity index (χ1) is 14.0. The van der Waals surface area contributed by atoms with Crippen LogP contribution in [0.25, 0.3) is 0 Å². The van der Waals surface area contributed by atoms with E-state index in [0.29, 0.717) is 11.7 Å². The van der Waals surface area contributed by atoms with Gasteiger partial charge < -0.3 is 19.1 Å². The fourth-order valence-corrected chi connectivity index (χ4v) is 5.71. The van der Waals surface area contributed by atoms with Crippen molar-refractivity contribution >= 4 is 5.91 Å². The molecule has 4 atom stereocenters. The Hall–Kier alpha value is -2.05. The van der Waals surface area contributed by atoms with Crippen LogP contribution in [0.15, 0.2) is 24.3 Å². The van der Waals surface area contributed by atoms with Crippen molar-refractivity contribution in [3.63, 3.8) is 0 Å². The number of fused-ring (bicyclic) bond motifs is 2. The van der Waals surface area contributed by atoms with Gasteiger partial charge in [-0.3, -0.25) is 9.69 Å². The Morgan fingerprint density at radius 3 is 2.72 bits per heavy atom. The lowest BCUT2D eigenvalue weighted by Crippen LogP contribution is -2.59. The molecule has 1 amide bonds. The van der Waals surface area contributed by atoms with Crippen LogP contribution in [-0.2, 0) is 10.2 Å². The monoisotopic (exact) mass is 398 g/mol. The van der Waals surface area contributed by atoms with E-state index in [4.69, 9.17) is 14.2 Å². The van der Waals surface area contributed by atoms with Crippen molar-refractivity contribution in [3.05, 3.63) is 35.4 Å². The highest BCUT2D eigenvalue weighted by Crippen LogP contribution is 2.53. The van der Waals surface area contributed by atoms with Gasteiger partial charge in [0.1, 0.15) is 0 Å². The first-order valence-corrected chi connectivity index (χ1v) is 10.6. The molecule has 6 heteroatoms. The third-order valence-corrected chi connectivity index (χ3v) is 7.23. The molecule has 1 aromatic carbocycles. The number of hydrogen-bond donors (Lipinski definition) is 0. The van der Waals surface area contributed by atoms with E-state index in [2.05, 4.69) is 48.9 Å². The predicted octanol–water partition coefficient (Wildman–Crippen LogP) is 2.81. The van der Waals surface area contributed by atoms with Crippen LogP contribution in [0.5, 0.6) is 11.5 Å². The first kappa shape index (κ1) is 18.9. The molecule has 3 heterocycles. The summed E-state index contributed by atoms with van der Waals surface area (Å²) in [6, 6.07) is 4.35. The summed E-state index contributed by atoms with van der Waals surface area (Å²) in [4.78, 5) is 18.2. The summed E-state index contributed by atoms with van der Waals surface area (Å²) < 4.78 is 17.0. The maximum atomic E-state index is 13.6. The van der Waals surface area contributed by atoms with Gasteiger partial charge in [-0.2, -0.15) is 0 Å². The molecule has 5 rings (SSSR count). The van der Waals surface area contributed by atoms with E-state index in [-0.39, 0.29) is 36.3 Å². The topological polar surface area (TPSA) is 51.2 Å². The summed E-state index contributed by atoms with van der Waals surface area (Å²) in [5, 5.41) is 0. The second-order valence-corrected chi connectivity index (χ2v) is 9.21. The second-order valence-electron chi connectivity index (χ2n) is 9.21. The summed E-state index contributed by atoms with van der Waals surface area (Å²) in [6.45, 7) is 6.28. The zero-order valence-electron chi connectivity index (χ0n) is 17.7. The SMILES string of the molecule is CO[C@@H]1C=C[C@@]23c4cc5c(cc4C(=O)N(CCC(C)C)[C@@H]2CN(C)[C@@H]3C1)OCO5. The number of amides is 1. The minimum atomic E-state index is -0.245. The Bertz CT molecular complexity index is 867. The van der Waals surface area contributed by atoms with Crippen molar-refractivity contribution in [2.24, 2.45) is 5.92 Å². The number of carbonyl (C=O) groups is 1. The number of methoxy groups -OCH3 is 1. The Balaban J connectivity index is 1.69. The Kier molecular flexibility index (Phi) is 4.40. The molecule has 1 aromatic rings. The van der Waals surface area contributed by atoms with Crippen LogP contribution in [0.1, 0.15) is 42.6 Å². The molecule has 0 N–H and O–H groups in total. The fraction of sp³-hybridized carbons (Fsp3) is 0.609. The van der Waals surface area contributed by atoms with Gasteiger partial charge in [-0.05, 0) is 43.5 Å². The molecule has 4 aliphatic rings. The summed E-state index contributed by atoms with van der Waals surface area (Å²) in [5.41, 5.74) is 1.60. The van der Waals surface area contributed by atoms with Crippen LogP contribution >= 0.6 is 0 Å². The molecule has 1 aliphatic carbocycles. The smallest absolute Gasteiger partial charge is 0.254 e. The van der Waals surface area contributed by atoms with Gasteiger partial charge in [-0.15, -0.1) is 0 Å². The number of benzene rings is 1. The molecule has 0 saturated carbocycles. The van der Waals surface area contributed by atoms with Crippen molar-refractivity contribution in [1.82, 2.24) is 9.80 Å². The summed E-state index contributed by atoms with van der Waals surface area (Å²) in [7, 11) is 3.94. The van der Waals surface area contributed by atoms with E-state index in [9.17, 15) is 4.79 Å². The number of carbonyl (C=O) groups excluding carboxylic acids is 1. The van der Waals surface area contributed by atoms with E-state index < -0.39 is 0 Å². The Morgan fingerprint density at radius 2 is 2.00 bits per heavy atom. The van der Waals surface area contributed by atoms with Crippen LogP contribution in [0, 0.1) is 5.92 Å². The molecule has 156 valence electrons. The van der Waals surface area contributed by atoms with Crippen LogP contribution in [0.3, 0.4) is 0 Å². The van der Waals surface area contributed by atoms with Crippen molar-refractivity contribution < 1.29 is 19.0 Å². The number of nitrogens with zero attached hydrogens (tertiary/aromatic N) is 2. The van der Waals surface area contributed by atoms with Crippen LogP contribution < -0.4 is 9.47 Å². The lowest BCUT2D eigenvalue weighted by atomic mass is 9.63. The third kappa shape index (κ3) is 2.65. The normalized spacial score (nSPS) is 32.5. The molecule has 1 spiro atoms.